The summed E-state index contributed by atoms with van der Waals surface area (Å²) in [5.41, 5.74) is 3.27. The number of ether oxygens (including phenoxy) is 1. The van der Waals surface area contributed by atoms with Crippen molar-refractivity contribution in [2.24, 2.45) is 0 Å². The Balaban J connectivity index is 1.49. The molecule has 0 saturated carbocycles. The van der Waals surface area contributed by atoms with Crippen LogP contribution in [0.5, 0.6) is 0 Å². The number of halogens is 4. The van der Waals surface area contributed by atoms with Crippen molar-refractivity contribution >= 4 is 16.9 Å². The minimum Gasteiger partial charge on any atom is -0.367 e. The fourth-order valence-corrected chi connectivity index (χ4v) is 3.56. The Kier molecular flexibility index (Phi) is 6.93. The van der Waals surface area contributed by atoms with E-state index in [1.165, 1.54) is 24.3 Å². The maximum absolute atomic E-state index is 13.5. The van der Waals surface area contributed by atoms with Gasteiger partial charge >= 0.3 is 6.18 Å². The van der Waals surface area contributed by atoms with E-state index in [1.54, 1.807) is 30.6 Å². The first-order chi connectivity index (χ1) is 16.3. The third-order valence-electron chi connectivity index (χ3n) is 5.23. The summed E-state index contributed by atoms with van der Waals surface area (Å²) in [6, 6.07) is 19.1. The fourth-order valence-electron chi connectivity index (χ4n) is 3.56. The molecular weight excluding hydrogens is 450 g/mol. The largest absolute Gasteiger partial charge is 0.411 e. The Labute approximate surface area is 193 Å². The summed E-state index contributed by atoms with van der Waals surface area (Å²) in [5.74, 6) is -0.758. The number of aromatic nitrogens is 2. The van der Waals surface area contributed by atoms with Gasteiger partial charge in [-0.25, -0.2) is 9.37 Å². The topological polar surface area (TPSA) is 56.2 Å². The normalized spacial score (nSPS) is 12.6. The molecule has 0 aliphatic rings. The average molecular weight is 471 g/mol. The molecule has 1 N–H and O–H groups in total. The molecule has 1 aromatic heterocycles. The lowest BCUT2D eigenvalue weighted by molar-refractivity contribution is -0.176. The van der Waals surface area contributed by atoms with E-state index in [9.17, 15) is 22.4 Å². The number of carbonyl (C=O) groups excluding carboxylic acids is 1. The molecule has 1 amide bonds. The number of imidazole rings is 1. The second kappa shape index (κ2) is 10.0. The molecule has 0 radical (unpaired) electrons. The van der Waals surface area contributed by atoms with Gasteiger partial charge in [0.25, 0.3) is 5.91 Å². The third-order valence-corrected chi connectivity index (χ3v) is 5.23. The molecule has 1 heterocycles. The molecule has 1 atom stereocenters. The van der Waals surface area contributed by atoms with Gasteiger partial charge in [-0.2, -0.15) is 13.2 Å². The lowest BCUT2D eigenvalue weighted by Gasteiger charge is -2.20. The van der Waals surface area contributed by atoms with Gasteiger partial charge in [-0.1, -0.05) is 36.4 Å². The Bertz CT molecular complexity index is 1250. The van der Waals surface area contributed by atoms with Crippen molar-refractivity contribution < 1.29 is 27.1 Å². The van der Waals surface area contributed by atoms with Gasteiger partial charge in [0.15, 0.2) is 0 Å². The number of fused-ring (bicyclic) bond motifs is 1. The van der Waals surface area contributed by atoms with Crippen LogP contribution in [0.2, 0.25) is 0 Å². The van der Waals surface area contributed by atoms with Gasteiger partial charge in [0.05, 0.1) is 30.0 Å². The standard InChI is InChI=1S/C25H21F4N3O2/c26-20-11-9-18(10-12-20)22(13-32-16-30-21-3-1-2-4-23(21)32)31-24(33)19-7-5-17(6-8-19)14-34-15-25(27,28)29/h1-12,16,22H,13-15H2,(H,31,33). The molecule has 9 heteroatoms. The molecule has 0 fully saturated rings. The van der Waals surface area contributed by atoms with Gasteiger partial charge in [0.2, 0.25) is 0 Å². The summed E-state index contributed by atoms with van der Waals surface area (Å²) >= 11 is 0. The number of benzene rings is 3. The van der Waals surface area contributed by atoms with Crippen LogP contribution >= 0.6 is 0 Å². The smallest absolute Gasteiger partial charge is 0.367 e. The van der Waals surface area contributed by atoms with Crippen molar-refractivity contribution in [2.75, 3.05) is 6.61 Å². The highest BCUT2D eigenvalue weighted by Crippen LogP contribution is 2.21. The van der Waals surface area contributed by atoms with Crippen molar-refractivity contribution in [2.45, 2.75) is 25.4 Å². The predicted octanol–water partition coefficient (Wildman–Crippen LogP) is 5.43. The van der Waals surface area contributed by atoms with Gasteiger partial charge in [-0.15, -0.1) is 0 Å². The molecule has 0 aliphatic heterocycles. The van der Waals surface area contributed by atoms with Crippen LogP contribution in [0.25, 0.3) is 11.0 Å². The van der Waals surface area contributed by atoms with Crippen molar-refractivity contribution in [3.63, 3.8) is 0 Å². The first-order valence-electron chi connectivity index (χ1n) is 10.5. The van der Waals surface area contributed by atoms with Crippen LogP contribution in [0.1, 0.15) is 27.5 Å². The minimum atomic E-state index is -4.39. The first-order valence-corrected chi connectivity index (χ1v) is 10.5. The number of para-hydroxylation sites is 2. The molecule has 0 spiro atoms. The van der Waals surface area contributed by atoms with E-state index in [0.29, 0.717) is 23.2 Å². The summed E-state index contributed by atoms with van der Waals surface area (Å²) in [6.07, 6.45) is -2.71. The molecule has 5 nitrogen and oxygen atoms in total. The zero-order valence-electron chi connectivity index (χ0n) is 17.9. The second-order valence-corrected chi connectivity index (χ2v) is 7.77. The number of nitrogens with one attached hydrogen (secondary N) is 1. The number of alkyl halides is 3. The quantitative estimate of drug-likeness (QED) is 0.349. The highest BCUT2D eigenvalue weighted by molar-refractivity contribution is 5.94. The number of rotatable bonds is 8. The van der Waals surface area contributed by atoms with Crippen LogP contribution < -0.4 is 5.32 Å². The highest BCUT2D eigenvalue weighted by Gasteiger charge is 2.27. The maximum Gasteiger partial charge on any atom is 0.411 e. The number of amides is 1. The lowest BCUT2D eigenvalue weighted by atomic mass is 10.1. The SMILES string of the molecule is O=C(NC(Cn1cnc2ccccc21)c1ccc(F)cc1)c1ccc(COCC(F)(F)F)cc1. The number of carbonyl (C=O) groups is 1. The highest BCUT2D eigenvalue weighted by atomic mass is 19.4. The number of hydrogen-bond donors (Lipinski definition) is 1. The van der Waals surface area contributed by atoms with Crippen LogP contribution in [-0.2, 0) is 17.9 Å². The van der Waals surface area contributed by atoms with E-state index >= 15 is 0 Å². The van der Waals surface area contributed by atoms with Crippen LogP contribution in [0, 0.1) is 5.82 Å². The van der Waals surface area contributed by atoms with Gasteiger partial charge in [-0.3, -0.25) is 4.79 Å². The van der Waals surface area contributed by atoms with E-state index < -0.39 is 18.8 Å². The minimum absolute atomic E-state index is 0.215. The Morgan fingerprint density at radius 2 is 1.71 bits per heavy atom. The van der Waals surface area contributed by atoms with Crippen LogP contribution in [-0.4, -0.2) is 28.2 Å². The molecule has 176 valence electrons. The van der Waals surface area contributed by atoms with Gasteiger partial charge in [0.1, 0.15) is 12.4 Å². The summed E-state index contributed by atoms with van der Waals surface area (Å²) in [7, 11) is 0. The van der Waals surface area contributed by atoms with Gasteiger partial charge in [-0.05, 0) is 47.5 Å². The van der Waals surface area contributed by atoms with Crippen molar-refractivity contribution in [3.8, 4) is 0 Å². The number of nitrogens with zero attached hydrogens (tertiary/aromatic N) is 2. The molecule has 34 heavy (non-hydrogen) atoms. The molecule has 0 bridgehead atoms. The average Bonchev–Trinajstić information content (AvgIpc) is 3.22. The predicted molar refractivity (Wildman–Crippen MR) is 118 cm³/mol. The zero-order valence-corrected chi connectivity index (χ0v) is 17.9. The van der Waals surface area contributed by atoms with E-state index in [0.717, 1.165) is 11.0 Å². The van der Waals surface area contributed by atoms with Crippen LogP contribution in [0.15, 0.2) is 79.1 Å². The maximum atomic E-state index is 13.5. The first kappa shape index (κ1) is 23.4. The van der Waals surface area contributed by atoms with Gasteiger partial charge < -0.3 is 14.6 Å². The zero-order chi connectivity index (χ0) is 24.1. The van der Waals surface area contributed by atoms with E-state index in [1.807, 2.05) is 28.8 Å². The van der Waals surface area contributed by atoms with E-state index in [4.69, 9.17) is 0 Å². The second-order valence-electron chi connectivity index (χ2n) is 7.77. The molecule has 0 saturated heterocycles. The summed E-state index contributed by atoms with van der Waals surface area (Å²) in [5, 5.41) is 2.96. The fraction of sp³-hybridized carbons (Fsp3) is 0.200. The monoisotopic (exact) mass is 471 g/mol. The Hall–Kier alpha value is -3.72. The van der Waals surface area contributed by atoms with Gasteiger partial charge in [0, 0.05) is 12.1 Å². The summed E-state index contributed by atoms with van der Waals surface area (Å²) in [4.78, 5) is 17.3. The molecule has 4 rings (SSSR count). The van der Waals surface area contributed by atoms with Crippen molar-refractivity contribution in [1.82, 2.24) is 14.9 Å². The molecular formula is C25H21F4N3O2. The molecule has 3 aromatic carbocycles. The van der Waals surface area contributed by atoms with E-state index in [2.05, 4.69) is 15.0 Å². The Morgan fingerprint density at radius 3 is 2.41 bits per heavy atom. The van der Waals surface area contributed by atoms with Crippen LogP contribution in [0.4, 0.5) is 17.6 Å². The number of hydrogen-bond acceptors (Lipinski definition) is 3. The molecule has 4 aromatic rings. The summed E-state index contributed by atoms with van der Waals surface area (Å²) < 4.78 is 56.7. The molecule has 0 aliphatic carbocycles. The Morgan fingerprint density at radius 1 is 1.00 bits per heavy atom. The third kappa shape index (κ3) is 5.99. The van der Waals surface area contributed by atoms with Crippen LogP contribution in [0.3, 0.4) is 0 Å². The van der Waals surface area contributed by atoms with E-state index in [-0.39, 0.29) is 18.3 Å². The molecule has 1 unspecified atom stereocenters. The summed E-state index contributed by atoms with van der Waals surface area (Å²) in [6.45, 7) is -1.19. The van der Waals surface area contributed by atoms with Crippen molar-refractivity contribution in [1.29, 1.82) is 0 Å². The van der Waals surface area contributed by atoms with Crippen molar-refractivity contribution in [3.05, 3.63) is 102 Å². The lowest BCUT2D eigenvalue weighted by Crippen LogP contribution is -2.31.